The summed E-state index contributed by atoms with van der Waals surface area (Å²) >= 11 is 0. The highest BCUT2D eigenvalue weighted by Crippen LogP contribution is 2.14. The Bertz CT molecular complexity index is 119. The van der Waals surface area contributed by atoms with E-state index in [2.05, 4.69) is 0 Å². The van der Waals surface area contributed by atoms with Crippen LogP contribution in [0, 0.1) is 0 Å². The number of piperazine rings is 1. The molecule has 0 N–H and O–H groups in total. The van der Waals surface area contributed by atoms with Crippen molar-refractivity contribution < 1.29 is 9.13 Å². The van der Waals surface area contributed by atoms with Crippen LogP contribution in [0.3, 0.4) is 0 Å². The first-order chi connectivity index (χ1) is 4.86. The molecule has 1 aliphatic heterocycles. The van der Waals surface area contributed by atoms with E-state index in [0.29, 0.717) is 0 Å². The molecule has 0 aromatic heterocycles. The van der Waals surface area contributed by atoms with Crippen molar-refractivity contribution in [3.63, 3.8) is 0 Å². The van der Waals surface area contributed by atoms with Crippen molar-refractivity contribution in [2.24, 2.45) is 0 Å². The summed E-state index contributed by atoms with van der Waals surface area (Å²) in [6, 6.07) is 0. The zero-order valence-electron chi connectivity index (χ0n) is 5.43. The van der Waals surface area contributed by atoms with Gasteiger partial charge in [-0.3, -0.25) is 9.13 Å². The van der Waals surface area contributed by atoms with Crippen LogP contribution < -0.4 is 0 Å². The van der Waals surface area contributed by atoms with Gasteiger partial charge in [0, 0.05) is 26.2 Å². The van der Waals surface area contributed by atoms with Gasteiger partial charge in [0.25, 0.3) is 0 Å². The number of hydrogen-bond acceptors (Lipinski definition) is 2. The van der Waals surface area contributed by atoms with Crippen molar-refractivity contribution >= 4 is 17.2 Å². The second kappa shape index (κ2) is 4.09. The summed E-state index contributed by atoms with van der Waals surface area (Å²) in [5, 5.41) is 0. The molecule has 0 unspecified atom stereocenters. The van der Waals surface area contributed by atoms with Crippen molar-refractivity contribution in [2.75, 3.05) is 26.2 Å². The lowest BCUT2D eigenvalue weighted by Gasteiger charge is -2.24. The summed E-state index contributed by atoms with van der Waals surface area (Å²) in [7, 11) is 0.159. The Labute approximate surface area is 62.7 Å². The molecule has 0 amide bonds. The molecule has 0 bridgehead atoms. The Morgan fingerprint density at radius 2 is 1.10 bits per heavy atom. The second-order valence-corrected chi connectivity index (χ2v) is 3.53. The molecule has 0 radical (unpaired) electrons. The average molecular weight is 178 g/mol. The van der Waals surface area contributed by atoms with Crippen LogP contribution in [0.15, 0.2) is 0 Å². The maximum absolute atomic E-state index is 10.3. The third-order valence-electron chi connectivity index (χ3n) is 1.46. The van der Waals surface area contributed by atoms with Gasteiger partial charge >= 0.3 is 0 Å². The Morgan fingerprint density at radius 3 is 1.30 bits per heavy atom. The Hall–Kier alpha value is 0.120. The summed E-state index contributed by atoms with van der Waals surface area (Å²) in [6.07, 6.45) is 0. The summed E-state index contributed by atoms with van der Waals surface area (Å²) in [4.78, 5) is 0. The molecular weight excluding hydrogens is 170 g/mol. The van der Waals surface area contributed by atoms with Crippen molar-refractivity contribution in [1.29, 1.82) is 0 Å². The van der Waals surface area contributed by atoms with Crippen LogP contribution in [-0.4, -0.2) is 35.5 Å². The van der Waals surface area contributed by atoms with Gasteiger partial charge < -0.3 is 0 Å². The smallest absolute Gasteiger partial charge is 0.249 e. The van der Waals surface area contributed by atoms with Crippen LogP contribution in [0.4, 0.5) is 0 Å². The fraction of sp³-hybridized carbons (Fsp3) is 1.00. The molecule has 1 fully saturated rings. The van der Waals surface area contributed by atoms with Crippen LogP contribution >= 0.6 is 17.2 Å². The summed E-state index contributed by atoms with van der Waals surface area (Å²) in [5.41, 5.74) is 0. The minimum atomic E-state index is 0.0797. The molecule has 0 saturated carbocycles. The van der Waals surface area contributed by atoms with Gasteiger partial charge in [0.05, 0.1) is 0 Å². The third-order valence-corrected chi connectivity index (χ3v) is 2.73. The van der Waals surface area contributed by atoms with Gasteiger partial charge in [0.2, 0.25) is 17.2 Å². The Kier molecular flexibility index (Phi) is 3.36. The highest BCUT2D eigenvalue weighted by molar-refractivity contribution is 7.21. The van der Waals surface area contributed by atoms with E-state index in [1.807, 2.05) is 0 Å². The van der Waals surface area contributed by atoms with Crippen molar-refractivity contribution in [3.8, 4) is 0 Å². The van der Waals surface area contributed by atoms with Crippen LogP contribution in [0.25, 0.3) is 0 Å². The number of rotatable bonds is 2. The topological polar surface area (TPSA) is 40.6 Å². The predicted octanol–water partition coefficient (Wildman–Crippen LogP) is 1.02. The third kappa shape index (κ3) is 2.06. The molecular formula is C4H8N2O2P2. The standard InChI is InChI=1S/C4H8N2O2P2/c7-9-5-1-2-6(10-8)4-3-5/h1-4H2. The summed E-state index contributed by atoms with van der Waals surface area (Å²) in [5.74, 6) is 0. The lowest BCUT2D eigenvalue weighted by Crippen LogP contribution is -2.37. The van der Waals surface area contributed by atoms with Crippen LogP contribution in [0.1, 0.15) is 0 Å². The van der Waals surface area contributed by atoms with Gasteiger partial charge in [-0.05, 0) is 0 Å². The Balaban J connectivity index is 2.30. The van der Waals surface area contributed by atoms with Gasteiger partial charge in [0.1, 0.15) is 0 Å². The molecule has 0 aromatic carbocycles. The SMILES string of the molecule is O=PN1CCN(P=O)CC1. The fourth-order valence-corrected chi connectivity index (χ4v) is 1.53. The van der Waals surface area contributed by atoms with E-state index in [1.165, 1.54) is 0 Å². The average Bonchev–Trinajstić information content (AvgIpc) is 2.05. The van der Waals surface area contributed by atoms with E-state index >= 15 is 0 Å². The molecule has 56 valence electrons. The second-order valence-electron chi connectivity index (χ2n) is 2.07. The van der Waals surface area contributed by atoms with E-state index in [0.717, 1.165) is 26.2 Å². The first-order valence-electron chi connectivity index (χ1n) is 3.03. The van der Waals surface area contributed by atoms with Gasteiger partial charge in [-0.1, -0.05) is 0 Å². The summed E-state index contributed by atoms with van der Waals surface area (Å²) < 4.78 is 24.1. The fourth-order valence-electron chi connectivity index (χ4n) is 0.849. The molecule has 1 aliphatic rings. The molecule has 0 aromatic rings. The van der Waals surface area contributed by atoms with E-state index < -0.39 is 0 Å². The molecule has 0 spiro atoms. The minimum Gasteiger partial charge on any atom is -0.256 e. The van der Waals surface area contributed by atoms with Crippen molar-refractivity contribution in [3.05, 3.63) is 0 Å². The number of nitrogens with zero attached hydrogens (tertiary/aromatic N) is 2. The predicted molar refractivity (Wildman–Crippen MR) is 38.4 cm³/mol. The molecule has 4 nitrogen and oxygen atoms in total. The zero-order valence-corrected chi connectivity index (χ0v) is 7.22. The maximum atomic E-state index is 10.3. The van der Waals surface area contributed by atoms with E-state index in [9.17, 15) is 9.13 Å². The van der Waals surface area contributed by atoms with Gasteiger partial charge in [-0.15, -0.1) is 0 Å². The molecule has 1 saturated heterocycles. The van der Waals surface area contributed by atoms with Crippen molar-refractivity contribution in [1.82, 2.24) is 9.34 Å². The molecule has 0 atom stereocenters. The first kappa shape index (κ1) is 8.22. The monoisotopic (exact) mass is 178 g/mol. The van der Waals surface area contributed by atoms with Gasteiger partial charge in [-0.25, -0.2) is 9.34 Å². The maximum Gasteiger partial charge on any atom is 0.249 e. The van der Waals surface area contributed by atoms with Gasteiger partial charge in [0.15, 0.2) is 0 Å². The largest absolute Gasteiger partial charge is 0.256 e. The zero-order chi connectivity index (χ0) is 7.40. The molecule has 0 aliphatic carbocycles. The molecule has 1 heterocycles. The van der Waals surface area contributed by atoms with E-state index in [-0.39, 0.29) is 17.2 Å². The number of hydrogen-bond donors (Lipinski definition) is 0. The highest BCUT2D eigenvalue weighted by atomic mass is 31.1. The minimum absolute atomic E-state index is 0.0797. The molecule has 6 heteroatoms. The highest BCUT2D eigenvalue weighted by Gasteiger charge is 2.15. The lowest BCUT2D eigenvalue weighted by atomic mass is 10.4. The van der Waals surface area contributed by atoms with Gasteiger partial charge in [-0.2, -0.15) is 0 Å². The Morgan fingerprint density at radius 1 is 0.800 bits per heavy atom. The van der Waals surface area contributed by atoms with Crippen LogP contribution in [-0.2, 0) is 9.13 Å². The lowest BCUT2D eigenvalue weighted by molar-refractivity contribution is 0.289. The first-order valence-corrected chi connectivity index (χ1v) is 4.56. The van der Waals surface area contributed by atoms with E-state index in [4.69, 9.17) is 0 Å². The quantitative estimate of drug-likeness (QED) is 0.592. The molecule has 1 rings (SSSR count). The van der Waals surface area contributed by atoms with Crippen LogP contribution in [0.2, 0.25) is 0 Å². The summed E-state index contributed by atoms with van der Waals surface area (Å²) in [6.45, 7) is 2.95. The normalized spacial score (nSPS) is 24.0. The molecule has 10 heavy (non-hydrogen) atoms. The van der Waals surface area contributed by atoms with E-state index in [1.54, 1.807) is 9.34 Å². The van der Waals surface area contributed by atoms with Crippen LogP contribution in [0.5, 0.6) is 0 Å². The van der Waals surface area contributed by atoms with Crippen molar-refractivity contribution in [2.45, 2.75) is 0 Å².